The first-order chi connectivity index (χ1) is 12.5. The Labute approximate surface area is 153 Å². The van der Waals surface area contributed by atoms with Gasteiger partial charge in [0, 0.05) is 11.8 Å². The highest BCUT2D eigenvalue weighted by Gasteiger charge is 2.45. The summed E-state index contributed by atoms with van der Waals surface area (Å²) in [7, 11) is 0. The molecule has 138 valence electrons. The molecular weight excluding hydrogens is 330 g/mol. The number of hydrogen-bond acceptors (Lipinski definition) is 4. The smallest absolute Gasteiger partial charge is 0.285 e. The number of carbonyl (C=O) groups excluding carboxylic acids is 3. The molecule has 2 fully saturated rings. The molecule has 1 aliphatic carbocycles. The van der Waals surface area contributed by atoms with Gasteiger partial charge in [-0.1, -0.05) is 49.6 Å². The minimum absolute atomic E-state index is 0.119. The van der Waals surface area contributed by atoms with E-state index in [0.717, 1.165) is 37.7 Å². The Morgan fingerprint density at radius 3 is 2.42 bits per heavy atom. The van der Waals surface area contributed by atoms with Gasteiger partial charge in [-0.3, -0.25) is 24.8 Å². The van der Waals surface area contributed by atoms with Crippen LogP contribution in [0.4, 0.5) is 4.79 Å². The van der Waals surface area contributed by atoms with Crippen LogP contribution in [-0.2, 0) is 9.59 Å². The average molecular weight is 355 g/mol. The van der Waals surface area contributed by atoms with Crippen molar-refractivity contribution in [2.75, 3.05) is 0 Å². The number of nitrogens with one attached hydrogen (secondary N) is 1. The van der Waals surface area contributed by atoms with E-state index >= 15 is 0 Å². The largest absolute Gasteiger partial charge is 0.331 e. The van der Waals surface area contributed by atoms with E-state index in [2.05, 4.69) is 10.3 Å². The highest BCUT2D eigenvalue weighted by molar-refractivity contribution is 6.27. The summed E-state index contributed by atoms with van der Waals surface area (Å²) in [6.07, 6.45) is 4.72. The van der Waals surface area contributed by atoms with Crippen LogP contribution in [0, 0.1) is 5.92 Å². The summed E-state index contributed by atoms with van der Waals surface area (Å²) in [6, 6.07) is 8.83. The number of benzene rings is 1. The molecule has 0 aromatic heterocycles. The molecule has 1 aromatic carbocycles. The number of imide groups is 2. The van der Waals surface area contributed by atoms with Crippen molar-refractivity contribution in [3.63, 3.8) is 0 Å². The standard InChI is InChI=1S/C20H25N3O3/c1-13(15-9-5-3-6-10-15)21-14(2)17-18(24)22-20(26)23(19(17)25)16-11-7-4-8-12-16/h3,5-6,9-10,13,16-17H,4,7-8,11-12H2,1-2H3,(H,22,24,26)/t13-,17?/m1/s1. The summed E-state index contributed by atoms with van der Waals surface area (Å²) in [5.41, 5.74) is 1.45. The van der Waals surface area contributed by atoms with Gasteiger partial charge in [-0.15, -0.1) is 0 Å². The Morgan fingerprint density at radius 1 is 1.12 bits per heavy atom. The normalized spacial score (nSPS) is 23.8. The summed E-state index contributed by atoms with van der Waals surface area (Å²) in [5.74, 6) is -2.04. The Hall–Kier alpha value is -2.50. The van der Waals surface area contributed by atoms with Gasteiger partial charge in [0.1, 0.15) is 0 Å². The maximum Gasteiger partial charge on any atom is 0.331 e. The van der Waals surface area contributed by atoms with Crippen LogP contribution in [0.1, 0.15) is 57.6 Å². The van der Waals surface area contributed by atoms with Crippen LogP contribution in [0.25, 0.3) is 0 Å². The SMILES string of the molecule is CC(=N[C@H](C)c1ccccc1)C1C(=O)NC(=O)N(C2CCCCC2)C1=O. The quantitative estimate of drug-likeness (QED) is 0.665. The molecule has 2 aliphatic rings. The van der Waals surface area contributed by atoms with E-state index in [1.807, 2.05) is 37.3 Å². The molecule has 1 aliphatic heterocycles. The average Bonchev–Trinajstić information content (AvgIpc) is 2.63. The Bertz CT molecular complexity index is 723. The van der Waals surface area contributed by atoms with Gasteiger partial charge in [-0.25, -0.2) is 4.79 Å². The molecule has 1 saturated heterocycles. The van der Waals surface area contributed by atoms with E-state index < -0.39 is 23.8 Å². The fourth-order valence-electron chi connectivity index (χ4n) is 3.83. The van der Waals surface area contributed by atoms with Crippen molar-refractivity contribution in [3.05, 3.63) is 35.9 Å². The number of amides is 4. The fraction of sp³-hybridized carbons (Fsp3) is 0.500. The van der Waals surface area contributed by atoms with Crippen LogP contribution in [0.2, 0.25) is 0 Å². The maximum atomic E-state index is 13.0. The Morgan fingerprint density at radius 2 is 1.77 bits per heavy atom. The van der Waals surface area contributed by atoms with E-state index in [1.165, 1.54) is 4.90 Å². The predicted octanol–water partition coefficient (Wildman–Crippen LogP) is 3.24. The fourth-order valence-corrected chi connectivity index (χ4v) is 3.83. The molecule has 1 aromatic rings. The molecule has 1 unspecified atom stereocenters. The van der Waals surface area contributed by atoms with Gasteiger partial charge >= 0.3 is 6.03 Å². The molecule has 3 rings (SSSR count). The Kier molecular flexibility index (Phi) is 5.49. The van der Waals surface area contributed by atoms with E-state index in [9.17, 15) is 14.4 Å². The van der Waals surface area contributed by atoms with Crippen molar-refractivity contribution in [1.29, 1.82) is 0 Å². The van der Waals surface area contributed by atoms with Gasteiger partial charge in [0.15, 0.2) is 5.92 Å². The molecule has 2 atom stereocenters. The zero-order chi connectivity index (χ0) is 18.7. The van der Waals surface area contributed by atoms with Gasteiger partial charge in [0.05, 0.1) is 6.04 Å². The molecule has 6 nitrogen and oxygen atoms in total. The van der Waals surface area contributed by atoms with E-state index in [1.54, 1.807) is 6.92 Å². The van der Waals surface area contributed by atoms with Crippen molar-refractivity contribution in [2.24, 2.45) is 10.9 Å². The molecular formula is C20H25N3O3. The van der Waals surface area contributed by atoms with Crippen LogP contribution in [-0.4, -0.2) is 34.5 Å². The van der Waals surface area contributed by atoms with E-state index in [0.29, 0.717) is 5.71 Å². The molecule has 1 saturated carbocycles. The van der Waals surface area contributed by atoms with Crippen molar-refractivity contribution in [2.45, 2.75) is 58.0 Å². The second-order valence-electron chi connectivity index (χ2n) is 7.08. The molecule has 0 radical (unpaired) electrons. The molecule has 26 heavy (non-hydrogen) atoms. The topological polar surface area (TPSA) is 78.8 Å². The summed E-state index contributed by atoms with van der Waals surface area (Å²) in [4.78, 5) is 43.4. The lowest BCUT2D eigenvalue weighted by Gasteiger charge is -2.37. The maximum absolute atomic E-state index is 13.0. The lowest BCUT2D eigenvalue weighted by Crippen LogP contribution is -2.62. The number of hydrogen-bond donors (Lipinski definition) is 1. The van der Waals surface area contributed by atoms with Gasteiger partial charge in [-0.05, 0) is 32.3 Å². The summed E-state index contributed by atoms with van der Waals surface area (Å²) in [6.45, 7) is 3.62. The van der Waals surface area contributed by atoms with Crippen LogP contribution < -0.4 is 5.32 Å². The number of carbonyl (C=O) groups is 3. The minimum Gasteiger partial charge on any atom is -0.285 e. The lowest BCUT2D eigenvalue weighted by molar-refractivity contribution is -0.141. The van der Waals surface area contributed by atoms with E-state index in [-0.39, 0.29) is 12.1 Å². The van der Waals surface area contributed by atoms with Gasteiger partial charge in [-0.2, -0.15) is 0 Å². The van der Waals surface area contributed by atoms with Crippen LogP contribution in [0.15, 0.2) is 35.3 Å². The van der Waals surface area contributed by atoms with Gasteiger partial charge in [0.2, 0.25) is 11.8 Å². The van der Waals surface area contributed by atoms with Crippen molar-refractivity contribution in [3.8, 4) is 0 Å². The first-order valence-corrected chi connectivity index (χ1v) is 9.26. The summed E-state index contributed by atoms with van der Waals surface area (Å²) in [5, 5.41) is 2.35. The Balaban J connectivity index is 1.82. The van der Waals surface area contributed by atoms with Crippen molar-refractivity contribution < 1.29 is 14.4 Å². The highest BCUT2D eigenvalue weighted by atomic mass is 16.2. The number of aliphatic imine (C=N–C) groups is 1. The molecule has 1 N–H and O–H groups in total. The van der Waals surface area contributed by atoms with Gasteiger partial charge < -0.3 is 0 Å². The van der Waals surface area contributed by atoms with Crippen LogP contribution >= 0.6 is 0 Å². The molecule has 1 heterocycles. The third-order valence-electron chi connectivity index (χ3n) is 5.23. The number of nitrogens with zero attached hydrogens (tertiary/aromatic N) is 2. The van der Waals surface area contributed by atoms with E-state index in [4.69, 9.17) is 0 Å². The van der Waals surface area contributed by atoms with Crippen LogP contribution in [0.3, 0.4) is 0 Å². The minimum atomic E-state index is -1.03. The first kappa shape index (κ1) is 18.3. The van der Waals surface area contributed by atoms with Crippen LogP contribution in [0.5, 0.6) is 0 Å². The molecule has 0 bridgehead atoms. The zero-order valence-electron chi connectivity index (χ0n) is 15.3. The number of barbiturate groups is 1. The monoisotopic (exact) mass is 355 g/mol. The zero-order valence-corrected chi connectivity index (χ0v) is 15.3. The molecule has 0 spiro atoms. The summed E-state index contributed by atoms with van der Waals surface area (Å²) < 4.78 is 0. The second kappa shape index (κ2) is 7.81. The molecule has 6 heteroatoms. The first-order valence-electron chi connectivity index (χ1n) is 9.26. The number of rotatable bonds is 4. The van der Waals surface area contributed by atoms with Crippen molar-refractivity contribution >= 4 is 23.6 Å². The van der Waals surface area contributed by atoms with Gasteiger partial charge in [0.25, 0.3) is 0 Å². The summed E-state index contributed by atoms with van der Waals surface area (Å²) >= 11 is 0. The van der Waals surface area contributed by atoms with Crippen molar-refractivity contribution in [1.82, 2.24) is 10.2 Å². The lowest BCUT2D eigenvalue weighted by atomic mass is 9.91. The highest BCUT2D eigenvalue weighted by Crippen LogP contribution is 2.27. The number of urea groups is 1. The molecule has 4 amide bonds. The second-order valence-corrected chi connectivity index (χ2v) is 7.08. The predicted molar refractivity (Wildman–Crippen MR) is 98.7 cm³/mol. The third-order valence-corrected chi connectivity index (χ3v) is 5.23. The third kappa shape index (κ3) is 3.69.